The van der Waals surface area contributed by atoms with Gasteiger partial charge in [0.2, 0.25) is 5.91 Å². The fourth-order valence-electron chi connectivity index (χ4n) is 3.74. The van der Waals surface area contributed by atoms with Crippen LogP contribution in [0.25, 0.3) is 0 Å². The third-order valence-corrected chi connectivity index (χ3v) is 6.13. The second-order valence-electron chi connectivity index (χ2n) is 7.40. The number of carbonyl (C=O) groups is 3. The molecule has 0 radical (unpaired) electrons. The minimum absolute atomic E-state index is 0.130. The second-order valence-corrected chi connectivity index (χ2v) is 8.32. The molecule has 3 amide bonds. The van der Waals surface area contributed by atoms with Crippen molar-refractivity contribution in [2.75, 3.05) is 29.1 Å². The van der Waals surface area contributed by atoms with Crippen LogP contribution in [0.3, 0.4) is 0 Å². The van der Waals surface area contributed by atoms with Gasteiger partial charge in [-0.05, 0) is 55.2 Å². The van der Waals surface area contributed by atoms with Crippen molar-refractivity contribution in [3.05, 3.63) is 59.4 Å². The fourth-order valence-corrected chi connectivity index (χ4v) is 4.47. The molecule has 0 bridgehead atoms. The number of nitrogens with one attached hydrogen (secondary N) is 1. The number of hydrogen-bond acceptors (Lipinski definition) is 5. The summed E-state index contributed by atoms with van der Waals surface area (Å²) < 4.78 is 13.9. The van der Waals surface area contributed by atoms with Gasteiger partial charge in [-0.2, -0.15) is 0 Å². The van der Waals surface area contributed by atoms with Gasteiger partial charge in [-0.3, -0.25) is 19.3 Å². The van der Waals surface area contributed by atoms with E-state index in [2.05, 4.69) is 10.2 Å². The highest BCUT2D eigenvalue weighted by Crippen LogP contribution is 2.30. The van der Waals surface area contributed by atoms with E-state index in [1.54, 1.807) is 30.3 Å². The van der Waals surface area contributed by atoms with Crippen LogP contribution in [0.1, 0.15) is 35.2 Å². The van der Waals surface area contributed by atoms with E-state index < -0.39 is 5.82 Å². The summed E-state index contributed by atoms with van der Waals surface area (Å²) in [6.45, 7) is 1.88. The van der Waals surface area contributed by atoms with Crippen LogP contribution in [0.5, 0.6) is 0 Å². The molecule has 1 N–H and O–H groups in total. The van der Waals surface area contributed by atoms with Crippen LogP contribution in [0.2, 0.25) is 0 Å². The Morgan fingerprint density at radius 2 is 1.87 bits per heavy atom. The first kappa shape index (κ1) is 20.4. The minimum atomic E-state index is -0.414. The SMILES string of the molecule is O=C(Nc1cc(F)ccc1N1CCCCC1)c1cccc(CN2C(=O)CSC2=O)c1. The second kappa shape index (κ2) is 8.87. The molecule has 2 fully saturated rings. The van der Waals surface area contributed by atoms with Crippen molar-refractivity contribution in [3.8, 4) is 0 Å². The summed E-state index contributed by atoms with van der Waals surface area (Å²) in [6.07, 6.45) is 3.31. The molecule has 2 heterocycles. The number of thioether (sulfide) groups is 1. The average Bonchev–Trinajstić information content (AvgIpc) is 3.07. The Balaban J connectivity index is 1.52. The van der Waals surface area contributed by atoms with Crippen molar-refractivity contribution in [2.45, 2.75) is 25.8 Å². The monoisotopic (exact) mass is 427 g/mol. The van der Waals surface area contributed by atoms with Crippen LogP contribution in [0, 0.1) is 5.82 Å². The predicted molar refractivity (Wildman–Crippen MR) is 115 cm³/mol. The lowest BCUT2D eigenvalue weighted by atomic mass is 10.1. The first-order chi connectivity index (χ1) is 14.5. The molecule has 0 saturated carbocycles. The highest BCUT2D eigenvalue weighted by atomic mass is 32.2. The molecule has 0 aliphatic carbocycles. The number of nitrogens with zero attached hydrogens (tertiary/aromatic N) is 2. The zero-order valence-electron chi connectivity index (χ0n) is 16.4. The highest BCUT2D eigenvalue weighted by molar-refractivity contribution is 8.14. The molecule has 2 aromatic rings. The molecule has 30 heavy (non-hydrogen) atoms. The maximum atomic E-state index is 13.9. The first-order valence-electron chi connectivity index (χ1n) is 9.93. The molecular formula is C22H22FN3O3S. The quantitative estimate of drug-likeness (QED) is 0.772. The highest BCUT2D eigenvalue weighted by Gasteiger charge is 2.29. The average molecular weight is 428 g/mol. The summed E-state index contributed by atoms with van der Waals surface area (Å²) in [7, 11) is 0. The van der Waals surface area contributed by atoms with Gasteiger partial charge in [0.05, 0.1) is 23.7 Å². The van der Waals surface area contributed by atoms with E-state index in [1.165, 1.54) is 23.5 Å². The Bertz CT molecular complexity index is 975. The van der Waals surface area contributed by atoms with Crippen LogP contribution in [0.4, 0.5) is 20.6 Å². The van der Waals surface area contributed by atoms with Gasteiger partial charge in [0.1, 0.15) is 5.82 Å². The minimum Gasteiger partial charge on any atom is -0.370 e. The van der Waals surface area contributed by atoms with Crippen LogP contribution in [0.15, 0.2) is 42.5 Å². The summed E-state index contributed by atoms with van der Waals surface area (Å²) in [5.74, 6) is -0.860. The zero-order chi connectivity index (χ0) is 21.1. The van der Waals surface area contributed by atoms with E-state index in [-0.39, 0.29) is 29.4 Å². The lowest BCUT2D eigenvalue weighted by Gasteiger charge is -2.30. The maximum absolute atomic E-state index is 13.9. The Morgan fingerprint density at radius 1 is 1.07 bits per heavy atom. The van der Waals surface area contributed by atoms with Crippen molar-refractivity contribution >= 4 is 40.2 Å². The third kappa shape index (κ3) is 4.48. The van der Waals surface area contributed by atoms with E-state index in [1.807, 2.05) is 0 Å². The molecule has 156 valence electrons. The molecule has 0 atom stereocenters. The molecule has 0 aromatic heterocycles. The van der Waals surface area contributed by atoms with E-state index in [0.29, 0.717) is 16.8 Å². The summed E-state index contributed by atoms with van der Waals surface area (Å²) in [5, 5.41) is 2.55. The summed E-state index contributed by atoms with van der Waals surface area (Å²) in [5.41, 5.74) is 2.31. The summed E-state index contributed by atoms with van der Waals surface area (Å²) in [6, 6.07) is 11.2. The molecule has 2 saturated heterocycles. The Hall–Kier alpha value is -2.87. The molecule has 2 aliphatic heterocycles. The number of amides is 3. The molecule has 8 heteroatoms. The van der Waals surface area contributed by atoms with Crippen LogP contribution >= 0.6 is 11.8 Å². The number of piperidine rings is 1. The van der Waals surface area contributed by atoms with Gasteiger partial charge in [-0.25, -0.2) is 4.39 Å². The number of benzene rings is 2. The number of imide groups is 1. The van der Waals surface area contributed by atoms with Gasteiger partial charge in [0.15, 0.2) is 0 Å². The van der Waals surface area contributed by atoms with Crippen LogP contribution in [-0.2, 0) is 11.3 Å². The maximum Gasteiger partial charge on any atom is 0.289 e. The van der Waals surface area contributed by atoms with Crippen molar-refractivity contribution in [1.82, 2.24) is 4.90 Å². The number of anilines is 2. The van der Waals surface area contributed by atoms with Crippen molar-refractivity contribution in [1.29, 1.82) is 0 Å². The zero-order valence-corrected chi connectivity index (χ0v) is 17.2. The number of rotatable bonds is 5. The first-order valence-corrected chi connectivity index (χ1v) is 10.9. The van der Waals surface area contributed by atoms with Crippen molar-refractivity contribution in [2.24, 2.45) is 0 Å². The summed E-state index contributed by atoms with van der Waals surface area (Å²) in [4.78, 5) is 39.9. The fraction of sp³-hybridized carbons (Fsp3) is 0.318. The van der Waals surface area contributed by atoms with Crippen molar-refractivity contribution in [3.63, 3.8) is 0 Å². The molecular weight excluding hydrogens is 405 g/mol. The van der Waals surface area contributed by atoms with E-state index in [0.717, 1.165) is 43.4 Å². The van der Waals surface area contributed by atoms with Gasteiger partial charge in [0.25, 0.3) is 11.1 Å². The normalized spacial score (nSPS) is 16.8. The molecule has 0 unspecified atom stereocenters. The molecule has 2 aromatic carbocycles. The Labute approximate surface area is 178 Å². The molecule has 0 spiro atoms. The van der Waals surface area contributed by atoms with Crippen molar-refractivity contribution < 1.29 is 18.8 Å². The van der Waals surface area contributed by atoms with Crippen LogP contribution in [-0.4, -0.2) is 40.8 Å². The van der Waals surface area contributed by atoms with E-state index >= 15 is 0 Å². The lowest BCUT2D eigenvalue weighted by molar-refractivity contribution is -0.125. The molecule has 6 nitrogen and oxygen atoms in total. The largest absolute Gasteiger partial charge is 0.370 e. The predicted octanol–water partition coefficient (Wildman–Crippen LogP) is 4.26. The summed E-state index contributed by atoms with van der Waals surface area (Å²) >= 11 is 0.979. The Morgan fingerprint density at radius 3 is 2.60 bits per heavy atom. The third-order valence-electron chi connectivity index (χ3n) is 5.27. The molecule has 4 rings (SSSR count). The topological polar surface area (TPSA) is 69.7 Å². The number of hydrogen-bond donors (Lipinski definition) is 1. The van der Waals surface area contributed by atoms with E-state index in [9.17, 15) is 18.8 Å². The lowest BCUT2D eigenvalue weighted by Crippen LogP contribution is -2.30. The van der Waals surface area contributed by atoms with Gasteiger partial charge in [0, 0.05) is 18.7 Å². The van der Waals surface area contributed by atoms with Gasteiger partial charge in [-0.15, -0.1) is 0 Å². The van der Waals surface area contributed by atoms with E-state index in [4.69, 9.17) is 0 Å². The molecule has 2 aliphatic rings. The standard InChI is InChI=1S/C22H22FN3O3S/c23-17-7-8-19(25-9-2-1-3-10-25)18(12-17)24-21(28)16-6-4-5-15(11-16)13-26-20(27)14-30-22(26)29/h4-8,11-12H,1-3,9-10,13-14H2,(H,24,28). The van der Waals surface area contributed by atoms with Gasteiger partial charge >= 0.3 is 0 Å². The van der Waals surface area contributed by atoms with Crippen LogP contribution < -0.4 is 10.2 Å². The smallest absolute Gasteiger partial charge is 0.289 e. The van der Waals surface area contributed by atoms with Gasteiger partial charge < -0.3 is 10.2 Å². The Kier molecular flexibility index (Phi) is 6.03. The van der Waals surface area contributed by atoms with Gasteiger partial charge in [-0.1, -0.05) is 23.9 Å². The number of halogens is 1. The number of carbonyl (C=O) groups excluding carboxylic acids is 3.